The highest BCUT2D eigenvalue weighted by Gasteiger charge is 2.04. The van der Waals surface area contributed by atoms with E-state index in [4.69, 9.17) is 5.11 Å². The van der Waals surface area contributed by atoms with Crippen LogP contribution in [0.4, 0.5) is 4.39 Å². The van der Waals surface area contributed by atoms with E-state index in [1.165, 1.54) is 17.8 Å². The molecule has 0 unspecified atom stereocenters. The predicted molar refractivity (Wildman–Crippen MR) is 67.6 cm³/mol. The van der Waals surface area contributed by atoms with E-state index in [2.05, 4.69) is 0 Å². The fourth-order valence-electron chi connectivity index (χ4n) is 1.56. The second-order valence-corrected chi connectivity index (χ2v) is 4.89. The van der Waals surface area contributed by atoms with Crippen molar-refractivity contribution >= 4 is 11.8 Å². The van der Waals surface area contributed by atoms with Crippen molar-refractivity contribution in [2.45, 2.75) is 23.3 Å². The highest BCUT2D eigenvalue weighted by Crippen LogP contribution is 2.30. The number of aryl methyl sites for hydroxylation is 1. The minimum atomic E-state index is -0.207. The van der Waals surface area contributed by atoms with Crippen molar-refractivity contribution in [1.29, 1.82) is 0 Å². The normalized spacial score (nSPS) is 10.5. The minimum Gasteiger partial charge on any atom is -0.392 e. The van der Waals surface area contributed by atoms with Crippen molar-refractivity contribution in [2.24, 2.45) is 0 Å². The lowest BCUT2D eigenvalue weighted by Gasteiger charge is -2.06. The number of aliphatic hydroxyl groups is 1. The largest absolute Gasteiger partial charge is 0.392 e. The van der Waals surface area contributed by atoms with E-state index in [1.807, 2.05) is 31.2 Å². The Kier molecular flexibility index (Phi) is 3.82. The molecular weight excluding hydrogens is 235 g/mol. The number of aliphatic hydroxyl groups excluding tert-OH is 1. The smallest absolute Gasteiger partial charge is 0.137 e. The molecular formula is C14H13FOS. The summed E-state index contributed by atoms with van der Waals surface area (Å²) >= 11 is 1.39. The third-order valence-electron chi connectivity index (χ3n) is 2.55. The van der Waals surface area contributed by atoms with Crippen LogP contribution in [0, 0.1) is 12.7 Å². The maximum absolute atomic E-state index is 13.5. The molecule has 0 radical (unpaired) electrons. The first-order chi connectivity index (χ1) is 8.20. The molecule has 0 amide bonds. The molecule has 0 fully saturated rings. The van der Waals surface area contributed by atoms with Gasteiger partial charge in [0.25, 0.3) is 0 Å². The van der Waals surface area contributed by atoms with Crippen LogP contribution in [0.1, 0.15) is 11.1 Å². The molecule has 0 aliphatic carbocycles. The SMILES string of the molecule is Cc1cc(Sc2ccccc2F)ccc1CO. The van der Waals surface area contributed by atoms with Gasteiger partial charge in [0, 0.05) is 9.79 Å². The van der Waals surface area contributed by atoms with E-state index in [0.717, 1.165) is 16.0 Å². The Bertz CT molecular complexity index is 525. The molecule has 0 bridgehead atoms. The van der Waals surface area contributed by atoms with Crippen molar-refractivity contribution in [3.8, 4) is 0 Å². The third kappa shape index (κ3) is 2.87. The second-order valence-electron chi connectivity index (χ2n) is 3.78. The fraction of sp³-hybridized carbons (Fsp3) is 0.143. The standard InChI is InChI=1S/C14H13FOS/c1-10-8-12(7-6-11(10)9-16)17-14-5-3-2-4-13(14)15/h2-8,16H,9H2,1H3. The summed E-state index contributed by atoms with van der Waals surface area (Å²) in [6, 6.07) is 12.4. The molecule has 0 saturated carbocycles. The average molecular weight is 248 g/mol. The molecule has 88 valence electrons. The van der Waals surface area contributed by atoms with Gasteiger partial charge in [0.15, 0.2) is 0 Å². The molecule has 3 heteroatoms. The summed E-state index contributed by atoms with van der Waals surface area (Å²) in [5.74, 6) is -0.207. The van der Waals surface area contributed by atoms with E-state index >= 15 is 0 Å². The average Bonchev–Trinajstić information content (AvgIpc) is 2.32. The lowest BCUT2D eigenvalue weighted by molar-refractivity contribution is 0.281. The van der Waals surface area contributed by atoms with E-state index < -0.39 is 0 Å². The van der Waals surface area contributed by atoms with Crippen LogP contribution in [0.15, 0.2) is 52.3 Å². The van der Waals surface area contributed by atoms with Crippen molar-refractivity contribution in [3.63, 3.8) is 0 Å². The molecule has 0 aliphatic rings. The molecule has 2 aromatic carbocycles. The molecule has 1 N–H and O–H groups in total. The topological polar surface area (TPSA) is 20.2 Å². The van der Waals surface area contributed by atoms with Gasteiger partial charge in [-0.1, -0.05) is 30.0 Å². The lowest BCUT2D eigenvalue weighted by atomic mass is 10.1. The first-order valence-electron chi connectivity index (χ1n) is 5.33. The van der Waals surface area contributed by atoms with Crippen LogP contribution in [0.3, 0.4) is 0 Å². The lowest BCUT2D eigenvalue weighted by Crippen LogP contribution is -1.88. The van der Waals surface area contributed by atoms with Gasteiger partial charge in [-0.15, -0.1) is 0 Å². The Morgan fingerprint density at radius 1 is 1.18 bits per heavy atom. The zero-order valence-corrected chi connectivity index (χ0v) is 10.3. The number of hydrogen-bond donors (Lipinski definition) is 1. The van der Waals surface area contributed by atoms with Gasteiger partial charge >= 0.3 is 0 Å². The van der Waals surface area contributed by atoms with Crippen LogP contribution in [0.5, 0.6) is 0 Å². The van der Waals surface area contributed by atoms with Crippen molar-refractivity contribution in [1.82, 2.24) is 0 Å². The number of hydrogen-bond acceptors (Lipinski definition) is 2. The van der Waals surface area contributed by atoms with E-state index in [9.17, 15) is 4.39 Å². The molecule has 2 rings (SSSR count). The van der Waals surface area contributed by atoms with Crippen LogP contribution in [0.2, 0.25) is 0 Å². The van der Waals surface area contributed by atoms with Gasteiger partial charge in [-0.2, -0.15) is 0 Å². The van der Waals surface area contributed by atoms with Gasteiger partial charge in [0.05, 0.1) is 6.61 Å². The maximum atomic E-state index is 13.5. The molecule has 0 spiro atoms. The van der Waals surface area contributed by atoms with Crippen LogP contribution < -0.4 is 0 Å². The summed E-state index contributed by atoms with van der Waals surface area (Å²) in [7, 11) is 0. The Labute approximate surface area is 104 Å². The number of benzene rings is 2. The number of halogens is 1. The molecule has 2 aromatic rings. The zero-order chi connectivity index (χ0) is 12.3. The van der Waals surface area contributed by atoms with Gasteiger partial charge in [0.2, 0.25) is 0 Å². The van der Waals surface area contributed by atoms with Gasteiger partial charge < -0.3 is 5.11 Å². The Morgan fingerprint density at radius 2 is 1.94 bits per heavy atom. The Hall–Kier alpha value is -1.32. The molecule has 0 heterocycles. The Morgan fingerprint density at radius 3 is 2.59 bits per heavy atom. The molecule has 0 aromatic heterocycles. The summed E-state index contributed by atoms with van der Waals surface area (Å²) in [6.07, 6.45) is 0. The maximum Gasteiger partial charge on any atom is 0.137 e. The van der Waals surface area contributed by atoms with Crippen LogP contribution in [-0.2, 0) is 6.61 Å². The fourth-order valence-corrected chi connectivity index (χ4v) is 2.50. The van der Waals surface area contributed by atoms with E-state index in [0.29, 0.717) is 4.90 Å². The first kappa shape index (κ1) is 12.1. The summed E-state index contributed by atoms with van der Waals surface area (Å²) < 4.78 is 13.5. The van der Waals surface area contributed by atoms with Crippen molar-refractivity contribution in [2.75, 3.05) is 0 Å². The quantitative estimate of drug-likeness (QED) is 0.892. The van der Waals surface area contributed by atoms with E-state index in [1.54, 1.807) is 12.1 Å². The minimum absolute atomic E-state index is 0.0382. The first-order valence-corrected chi connectivity index (χ1v) is 6.15. The van der Waals surface area contributed by atoms with Crippen LogP contribution in [0.25, 0.3) is 0 Å². The van der Waals surface area contributed by atoms with Gasteiger partial charge in [0.1, 0.15) is 5.82 Å². The Balaban J connectivity index is 2.25. The zero-order valence-electron chi connectivity index (χ0n) is 9.48. The van der Waals surface area contributed by atoms with Crippen LogP contribution in [-0.4, -0.2) is 5.11 Å². The van der Waals surface area contributed by atoms with Crippen LogP contribution >= 0.6 is 11.8 Å². The van der Waals surface area contributed by atoms with Gasteiger partial charge in [-0.3, -0.25) is 0 Å². The summed E-state index contributed by atoms with van der Waals surface area (Å²) in [5.41, 5.74) is 1.93. The predicted octanol–water partition coefficient (Wildman–Crippen LogP) is 3.78. The molecule has 0 saturated heterocycles. The highest BCUT2D eigenvalue weighted by molar-refractivity contribution is 7.99. The second kappa shape index (κ2) is 5.34. The van der Waals surface area contributed by atoms with Gasteiger partial charge in [-0.25, -0.2) is 4.39 Å². The summed E-state index contributed by atoms with van der Waals surface area (Å²) in [4.78, 5) is 1.59. The molecule has 17 heavy (non-hydrogen) atoms. The monoisotopic (exact) mass is 248 g/mol. The van der Waals surface area contributed by atoms with Gasteiger partial charge in [-0.05, 0) is 42.3 Å². The van der Waals surface area contributed by atoms with Crippen molar-refractivity contribution in [3.05, 3.63) is 59.4 Å². The number of rotatable bonds is 3. The van der Waals surface area contributed by atoms with E-state index in [-0.39, 0.29) is 12.4 Å². The molecule has 1 nitrogen and oxygen atoms in total. The summed E-state index contributed by atoms with van der Waals surface area (Å²) in [6.45, 7) is 1.98. The highest BCUT2D eigenvalue weighted by atomic mass is 32.2. The van der Waals surface area contributed by atoms with Crippen molar-refractivity contribution < 1.29 is 9.50 Å². The molecule has 0 atom stereocenters. The summed E-state index contributed by atoms with van der Waals surface area (Å²) in [5, 5.41) is 9.08. The molecule has 0 aliphatic heterocycles. The third-order valence-corrected chi connectivity index (χ3v) is 3.59.